The third-order valence-electron chi connectivity index (χ3n) is 5.64. The number of fused-ring (bicyclic) bond motifs is 1. The summed E-state index contributed by atoms with van der Waals surface area (Å²) in [6.07, 6.45) is 3.05. The summed E-state index contributed by atoms with van der Waals surface area (Å²) in [6, 6.07) is 5.25. The van der Waals surface area contributed by atoms with Crippen molar-refractivity contribution in [3.8, 4) is 0 Å². The lowest BCUT2D eigenvalue weighted by molar-refractivity contribution is -0.125. The predicted octanol–water partition coefficient (Wildman–Crippen LogP) is 2.81. The van der Waals surface area contributed by atoms with Gasteiger partial charge in [-0.3, -0.25) is 19.0 Å². The highest BCUT2D eigenvalue weighted by molar-refractivity contribution is 7.22. The van der Waals surface area contributed by atoms with Crippen LogP contribution in [0, 0.1) is 12.8 Å². The standard InChI is InChI=1S/C22H25ClN6O3S/c1-3-24-20(31)14-6-5-9-28(10-14)22-27-19-18(33-22)21(32)29(12-25-19)11-17(30)26-16-8-4-7-15(23)13(16)2/h4,7-8,12,14H,3,5-6,9-11H2,1-2H3,(H,24,31)(H,26,30). The summed E-state index contributed by atoms with van der Waals surface area (Å²) >= 11 is 7.35. The van der Waals surface area contributed by atoms with Gasteiger partial charge < -0.3 is 15.5 Å². The van der Waals surface area contributed by atoms with E-state index in [0.29, 0.717) is 39.3 Å². The molecule has 1 aliphatic heterocycles. The van der Waals surface area contributed by atoms with E-state index in [9.17, 15) is 14.4 Å². The van der Waals surface area contributed by atoms with Crippen LogP contribution in [0.3, 0.4) is 0 Å². The van der Waals surface area contributed by atoms with Crippen molar-refractivity contribution in [1.29, 1.82) is 0 Å². The third kappa shape index (κ3) is 5.01. The lowest BCUT2D eigenvalue weighted by atomic mass is 9.97. The molecular formula is C22H25ClN6O3S. The molecule has 1 atom stereocenters. The fraction of sp³-hybridized carbons (Fsp3) is 0.409. The van der Waals surface area contributed by atoms with Crippen LogP contribution in [-0.4, -0.2) is 46.0 Å². The number of aromatic nitrogens is 3. The van der Waals surface area contributed by atoms with Gasteiger partial charge in [0.1, 0.15) is 17.6 Å². The van der Waals surface area contributed by atoms with E-state index in [4.69, 9.17) is 11.6 Å². The van der Waals surface area contributed by atoms with E-state index in [0.717, 1.165) is 24.9 Å². The molecule has 0 saturated carbocycles. The van der Waals surface area contributed by atoms with Gasteiger partial charge in [-0.2, -0.15) is 4.98 Å². The molecule has 0 aliphatic carbocycles. The first kappa shape index (κ1) is 23.2. The van der Waals surface area contributed by atoms with E-state index < -0.39 is 0 Å². The summed E-state index contributed by atoms with van der Waals surface area (Å²) in [4.78, 5) is 48.6. The van der Waals surface area contributed by atoms with Gasteiger partial charge in [0.05, 0.1) is 5.92 Å². The molecule has 9 nitrogen and oxygen atoms in total. The molecule has 1 aliphatic rings. The average Bonchev–Trinajstić information content (AvgIpc) is 3.24. The highest BCUT2D eigenvalue weighted by Gasteiger charge is 2.27. The first-order valence-corrected chi connectivity index (χ1v) is 12.0. The average molecular weight is 489 g/mol. The number of halogens is 1. The number of piperidine rings is 1. The molecule has 3 heterocycles. The second-order valence-electron chi connectivity index (χ2n) is 7.97. The topological polar surface area (TPSA) is 109 Å². The number of benzene rings is 1. The van der Waals surface area contributed by atoms with Crippen LogP contribution in [0.2, 0.25) is 5.02 Å². The van der Waals surface area contributed by atoms with Gasteiger partial charge >= 0.3 is 0 Å². The number of nitrogens with one attached hydrogen (secondary N) is 2. The second-order valence-corrected chi connectivity index (χ2v) is 9.35. The Morgan fingerprint density at radius 3 is 2.94 bits per heavy atom. The first-order valence-electron chi connectivity index (χ1n) is 10.8. The summed E-state index contributed by atoms with van der Waals surface area (Å²) in [5.41, 5.74) is 1.39. The largest absolute Gasteiger partial charge is 0.356 e. The van der Waals surface area contributed by atoms with Gasteiger partial charge in [-0.05, 0) is 44.4 Å². The molecule has 1 saturated heterocycles. The van der Waals surface area contributed by atoms with Crippen molar-refractivity contribution in [3.05, 3.63) is 45.5 Å². The number of amides is 2. The fourth-order valence-electron chi connectivity index (χ4n) is 3.85. The van der Waals surface area contributed by atoms with Crippen molar-refractivity contribution in [2.45, 2.75) is 33.2 Å². The maximum Gasteiger partial charge on any atom is 0.273 e. The van der Waals surface area contributed by atoms with Gasteiger partial charge in [-0.1, -0.05) is 29.0 Å². The SMILES string of the molecule is CCNC(=O)C1CCCN(c2nc3ncn(CC(=O)Nc4cccc(Cl)c4C)c(=O)c3s2)C1. The molecule has 0 bridgehead atoms. The summed E-state index contributed by atoms with van der Waals surface area (Å²) in [7, 11) is 0. The Labute approximate surface area is 199 Å². The van der Waals surface area contributed by atoms with Crippen LogP contribution >= 0.6 is 22.9 Å². The summed E-state index contributed by atoms with van der Waals surface area (Å²) in [5, 5.41) is 6.89. The second kappa shape index (κ2) is 9.88. The molecule has 0 spiro atoms. The van der Waals surface area contributed by atoms with E-state index in [1.807, 2.05) is 18.7 Å². The van der Waals surface area contributed by atoms with Gasteiger partial charge in [-0.25, -0.2) is 4.98 Å². The summed E-state index contributed by atoms with van der Waals surface area (Å²) in [5.74, 6) is -0.409. The molecular weight excluding hydrogens is 464 g/mol. The van der Waals surface area contributed by atoms with Crippen LogP contribution in [0.25, 0.3) is 10.3 Å². The minimum Gasteiger partial charge on any atom is -0.356 e. The van der Waals surface area contributed by atoms with Crippen LogP contribution in [-0.2, 0) is 16.1 Å². The Morgan fingerprint density at radius 2 is 2.15 bits per heavy atom. The van der Waals surface area contributed by atoms with Crippen LogP contribution in [0.1, 0.15) is 25.3 Å². The number of hydrogen-bond donors (Lipinski definition) is 2. The Morgan fingerprint density at radius 1 is 1.33 bits per heavy atom. The Bertz CT molecular complexity index is 1260. The van der Waals surface area contributed by atoms with E-state index in [1.54, 1.807) is 18.2 Å². The fourth-order valence-corrected chi connectivity index (χ4v) is 5.03. The van der Waals surface area contributed by atoms with Gasteiger partial charge in [0, 0.05) is 30.3 Å². The minimum atomic E-state index is -0.353. The number of carbonyl (C=O) groups excluding carboxylic acids is 2. The number of hydrogen-bond acceptors (Lipinski definition) is 7. The van der Waals surface area contributed by atoms with Crippen molar-refractivity contribution < 1.29 is 9.59 Å². The Kier molecular flexibility index (Phi) is 6.94. The number of carbonyl (C=O) groups is 2. The molecule has 11 heteroatoms. The van der Waals surface area contributed by atoms with Crippen LogP contribution in [0.4, 0.5) is 10.8 Å². The Balaban J connectivity index is 1.51. The van der Waals surface area contributed by atoms with E-state index in [1.165, 1.54) is 22.2 Å². The van der Waals surface area contributed by atoms with Crippen molar-refractivity contribution >= 4 is 55.9 Å². The number of anilines is 2. The highest BCUT2D eigenvalue weighted by atomic mass is 35.5. The van der Waals surface area contributed by atoms with E-state index in [-0.39, 0.29) is 29.8 Å². The zero-order valence-corrected chi connectivity index (χ0v) is 20.0. The maximum absolute atomic E-state index is 13.0. The van der Waals surface area contributed by atoms with Gasteiger partial charge in [0.15, 0.2) is 10.8 Å². The number of thiazole rings is 1. The molecule has 2 N–H and O–H groups in total. The molecule has 33 heavy (non-hydrogen) atoms. The van der Waals surface area contributed by atoms with Crippen LogP contribution in [0.5, 0.6) is 0 Å². The van der Waals surface area contributed by atoms with Crippen molar-refractivity contribution in [3.63, 3.8) is 0 Å². The van der Waals surface area contributed by atoms with Gasteiger partial charge in [-0.15, -0.1) is 0 Å². The summed E-state index contributed by atoms with van der Waals surface area (Å²) in [6.45, 7) is 5.47. The zero-order valence-electron chi connectivity index (χ0n) is 18.4. The van der Waals surface area contributed by atoms with Crippen LogP contribution in [0.15, 0.2) is 29.3 Å². The molecule has 0 radical (unpaired) electrons. The van der Waals surface area contributed by atoms with Crippen molar-refractivity contribution in [1.82, 2.24) is 19.9 Å². The third-order valence-corrected chi connectivity index (χ3v) is 7.14. The molecule has 174 valence electrons. The Hall–Kier alpha value is -2.98. The quantitative estimate of drug-likeness (QED) is 0.552. The minimum absolute atomic E-state index is 0.0461. The molecule has 4 rings (SSSR count). The van der Waals surface area contributed by atoms with Gasteiger partial charge in [0.2, 0.25) is 11.8 Å². The maximum atomic E-state index is 13.0. The monoisotopic (exact) mass is 488 g/mol. The van der Waals surface area contributed by atoms with E-state index >= 15 is 0 Å². The summed E-state index contributed by atoms with van der Waals surface area (Å²) < 4.78 is 1.66. The number of rotatable bonds is 6. The lowest BCUT2D eigenvalue weighted by Gasteiger charge is -2.31. The first-order chi connectivity index (χ1) is 15.9. The smallest absolute Gasteiger partial charge is 0.273 e. The predicted molar refractivity (Wildman–Crippen MR) is 130 cm³/mol. The molecule has 2 aromatic heterocycles. The molecule has 3 aromatic rings. The molecule has 2 amide bonds. The van der Waals surface area contributed by atoms with Crippen molar-refractivity contribution in [2.75, 3.05) is 29.9 Å². The molecule has 1 aromatic carbocycles. The number of nitrogens with zero attached hydrogens (tertiary/aromatic N) is 4. The van der Waals surface area contributed by atoms with Crippen molar-refractivity contribution in [2.24, 2.45) is 5.92 Å². The lowest BCUT2D eigenvalue weighted by Crippen LogP contribution is -2.43. The van der Waals surface area contributed by atoms with Gasteiger partial charge in [0.25, 0.3) is 5.56 Å². The molecule has 1 fully saturated rings. The van der Waals surface area contributed by atoms with Crippen LogP contribution < -0.4 is 21.1 Å². The molecule has 1 unspecified atom stereocenters. The highest BCUT2D eigenvalue weighted by Crippen LogP contribution is 2.29. The zero-order chi connectivity index (χ0) is 23.5. The van der Waals surface area contributed by atoms with E-state index in [2.05, 4.69) is 20.6 Å². The normalized spacial score (nSPS) is 16.1.